The Morgan fingerprint density at radius 3 is 2.71 bits per heavy atom. The minimum atomic E-state index is 0.578. The average Bonchev–Trinajstić information content (AvgIpc) is 3.02. The van der Waals surface area contributed by atoms with Gasteiger partial charge in [-0.1, -0.05) is 29.8 Å². The summed E-state index contributed by atoms with van der Waals surface area (Å²) in [6.07, 6.45) is 0. The van der Waals surface area contributed by atoms with E-state index in [2.05, 4.69) is 56.9 Å². The van der Waals surface area contributed by atoms with Gasteiger partial charge in [0.1, 0.15) is 5.82 Å². The standard InChI is InChI=1S/C20H31N7O/c1-16-5-4-6-18(13-16)14-22-20(21-7-8-27-9-11-28-12-10-27)23-15-19-25-24-17(2)26(19)3/h4-6,13H,7-12,14-15H2,1-3H3,(H2,21,22,23). The van der Waals surface area contributed by atoms with Crippen molar-refractivity contribution in [3.63, 3.8) is 0 Å². The predicted octanol–water partition coefficient (Wildman–Crippen LogP) is 1.000. The number of guanidine groups is 1. The van der Waals surface area contributed by atoms with E-state index in [-0.39, 0.29) is 0 Å². The lowest BCUT2D eigenvalue weighted by Crippen LogP contribution is -2.44. The summed E-state index contributed by atoms with van der Waals surface area (Å²) in [6.45, 7) is 10.7. The predicted molar refractivity (Wildman–Crippen MR) is 110 cm³/mol. The molecule has 2 heterocycles. The highest BCUT2D eigenvalue weighted by Crippen LogP contribution is 2.05. The summed E-state index contributed by atoms with van der Waals surface area (Å²) in [7, 11) is 1.97. The van der Waals surface area contributed by atoms with E-state index in [1.165, 1.54) is 11.1 Å². The van der Waals surface area contributed by atoms with Crippen molar-refractivity contribution in [1.82, 2.24) is 30.3 Å². The second-order valence-corrected chi connectivity index (χ2v) is 7.11. The van der Waals surface area contributed by atoms with Crippen LogP contribution in [-0.4, -0.2) is 65.0 Å². The molecular formula is C20H31N7O. The molecule has 1 aliphatic heterocycles. The molecule has 1 aromatic carbocycles. The molecule has 28 heavy (non-hydrogen) atoms. The van der Waals surface area contributed by atoms with Crippen LogP contribution in [0, 0.1) is 13.8 Å². The molecule has 152 valence electrons. The second-order valence-electron chi connectivity index (χ2n) is 7.11. The Bertz CT molecular complexity index is 781. The van der Waals surface area contributed by atoms with Crippen LogP contribution in [0.2, 0.25) is 0 Å². The molecular weight excluding hydrogens is 354 g/mol. The SMILES string of the molecule is Cc1cccc(CN=C(NCCN2CCOCC2)NCc2nnc(C)n2C)c1. The van der Waals surface area contributed by atoms with Gasteiger partial charge in [0.05, 0.1) is 26.3 Å². The number of morpholine rings is 1. The lowest BCUT2D eigenvalue weighted by Gasteiger charge is -2.26. The van der Waals surface area contributed by atoms with Gasteiger partial charge in [0.25, 0.3) is 0 Å². The summed E-state index contributed by atoms with van der Waals surface area (Å²) >= 11 is 0. The zero-order valence-electron chi connectivity index (χ0n) is 17.1. The van der Waals surface area contributed by atoms with Crippen molar-refractivity contribution in [3.05, 3.63) is 47.0 Å². The Balaban J connectivity index is 1.58. The fourth-order valence-electron chi connectivity index (χ4n) is 3.08. The molecule has 0 amide bonds. The normalized spacial score (nSPS) is 15.6. The third kappa shape index (κ3) is 6.03. The van der Waals surface area contributed by atoms with Gasteiger partial charge in [0.2, 0.25) is 0 Å². The van der Waals surface area contributed by atoms with Crippen LogP contribution in [0.25, 0.3) is 0 Å². The van der Waals surface area contributed by atoms with E-state index in [4.69, 9.17) is 9.73 Å². The van der Waals surface area contributed by atoms with Crippen LogP contribution in [0.5, 0.6) is 0 Å². The molecule has 1 saturated heterocycles. The molecule has 0 radical (unpaired) electrons. The summed E-state index contributed by atoms with van der Waals surface area (Å²) in [6, 6.07) is 8.44. The summed E-state index contributed by atoms with van der Waals surface area (Å²) in [5, 5.41) is 15.2. The monoisotopic (exact) mass is 385 g/mol. The van der Waals surface area contributed by atoms with E-state index < -0.39 is 0 Å². The Morgan fingerprint density at radius 1 is 1.18 bits per heavy atom. The maximum atomic E-state index is 5.41. The van der Waals surface area contributed by atoms with Crippen LogP contribution < -0.4 is 10.6 Å². The minimum absolute atomic E-state index is 0.578. The molecule has 1 aromatic heterocycles. The number of hydrogen-bond donors (Lipinski definition) is 2. The van der Waals surface area contributed by atoms with Gasteiger partial charge in [-0.05, 0) is 19.4 Å². The van der Waals surface area contributed by atoms with Crippen molar-refractivity contribution < 1.29 is 4.74 Å². The largest absolute Gasteiger partial charge is 0.379 e. The fourth-order valence-corrected chi connectivity index (χ4v) is 3.08. The molecule has 8 nitrogen and oxygen atoms in total. The number of nitrogens with one attached hydrogen (secondary N) is 2. The molecule has 8 heteroatoms. The van der Waals surface area contributed by atoms with Crippen LogP contribution in [0.3, 0.4) is 0 Å². The first-order valence-electron chi connectivity index (χ1n) is 9.84. The van der Waals surface area contributed by atoms with E-state index in [0.717, 1.165) is 57.0 Å². The Kier molecular flexibility index (Phi) is 7.39. The topological polar surface area (TPSA) is 79.6 Å². The maximum absolute atomic E-state index is 5.41. The van der Waals surface area contributed by atoms with Gasteiger partial charge in [-0.2, -0.15) is 0 Å². The number of aryl methyl sites for hydroxylation is 2. The summed E-state index contributed by atoms with van der Waals surface area (Å²) in [5.74, 6) is 2.57. The molecule has 0 aliphatic carbocycles. The Labute approximate surface area is 167 Å². The van der Waals surface area contributed by atoms with E-state index in [1.54, 1.807) is 0 Å². The van der Waals surface area contributed by atoms with Crippen LogP contribution in [0.1, 0.15) is 22.8 Å². The number of hydrogen-bond acceptors (Lipinski definition) is 5. The lowest BCUT2D eigenvalue weighted by atomic mass is 10.1. The smallest absolute Gasteiger partial charge is 0.192 e. The fraction of sp³-hybridized carbons (Fsp3) is 0.550. The highest BCUT2D eigenvalue weighted by molar-refractivity contribution is 5.79. The quantitative estimate of drug-likeness (QED) is 0.547. The molecule has 0 saturated carbocycles. The third-order valence-electron chi connectivity index (χ3n) is 4.92. The number of aliphatic imine (C=N–C) groups is 1. The first-order valence-corrected chi connectivity index (χ1v) is 9.84. The number of nitrogens with zero attached hydrogens (tertiary/aromatic N) is 5. The van der Waals surface area contributed by atoms with Gasteiger partial charge in [-0.15, -0.1) is 10.2 Å². The van der Waals surface area contributed by atoms with E-state index in [0.29, 0.717) is 13.1 Å². The van der Waals surface area contributed by atoms with Gasteiger partial charge >= 0.3 is 0 Å². The number of ether oxygens (including phenoxy) is 1. The van der Waals surface area contributed by atoms with Gasteiger partial charge in [-0.3, -0.25) is 4.90 Å². The first-order chi connectivity index (χ1) is 13.6. The molecule has 1 fully saturated rings. The van der Waals surface area contributed by atoms with Crippen LogP contribution >= 0.6 is 0 Å². The first kappa shape index (κ1) is 20.3. The molecule has 2 aromatic rings. The summed E-state index contributed by atoms with van der Waals surface area (Å²) in [4.78, 5) is 7.17. The van der Waals surface area contributed by atoms with Crippen molar-refractivity contribution in [2.45, 2.75) is 26.9 Å². The molecule has 2 N–H and O–H groups in total. The van der Waals surface area contributed by atoms with Crippen molar-refractivity contribution >= 4 is 5.96 Å². The van der Waals surface area contributed by atoms with Gasteiger partial charge in [0, 0.05) is 33.2 Å². The second kappa shape index (κ2) is 10.2. The Hall–Kier alpha value is -2.45. The number of aromatic nitrogens is 3. The molecule has 3 rings (SSSR count). The van der Waals surface area contributed by atoms with Crippen molar-refractivity contribution in [3.8, 4) is 0 Å². The van der Waals surface area contributed by atoms with Crippen LogP contribution in [-0.2, 0) is 24.9 Å². The van der Waals surface area contributed by atoms with Crippen molar-refractivity contribution in [1.29, 1.82) is 0 Å². The van der Waals surface area contributed by atoms with Gasteiger partial charge in [0.15, 0.2) is 11.8 Å². The highest BCUT2D eigenvalue weighted by Gasteiger charge is 2.10. The Morgan fingerprint density at radius 2 is 2.00 bits per heavy atom. The molecule has 0 spiro atoms. The molecule has 0 unspecified atom stereocenters. The van der Waals surface area contributed by atoms with Crippen molar-refractivity contribution in [2.75, 3.05) is 39.4 Å². The zero-order chi connectivity index (χ0) is 19.8. The summed E-state index contributed by atoms with van der Waals surface area (Å²) < 4.78 is 7.40. The maximum Gasteiger partial charge on any atom is 0.192 e. The van der Waals surface area contributed by atoms with Crippen LogP contribution in [0.15, 0.2) is 29.3 Å². The van der Waals surface area contributed by atoms with Crippen LogP contribution in [0.4, 0.5) is 0 Å². The van der Waals surface area contributed by atoms with Gasteiger partial charge in [-0.25, -0.2) is 4.99 Å². The van der Waals surface area contributed by atoms with Gasteiger partial charge < -0.3 is 19.9 Å². The average molecular weight is 386 g/mol. The zero-order valence-corrected chi connectivity index (χ0v) is 17.1. The molecule has 1 aliphatic rings. The van der Waals surface area contributed by atoms with E-state index >= 15 is 0 Å². The number of benzene rings is 1. The van der Waals surface area contributed by atoms with E-state index in [1.807, 2.05) is 18.5 Å². The summed E-state index contributed by atoms with van der Waals surface area (Å²) in [5.41, 5.74) is 2.45. The third-order valence-corrected chi connectivity index (χ3v) is 4.92. The lowest BCUT2D eigenvalue weighted by molar-refractivity contribution is 0.0389. The number of rotatable bonds is 7. The van der Waals surface area contributed by atoms with E-state index in [9.17, 15) is 0 Å². The molecule has 0 bridgehead atoms. The molecule has 0 atom stereocenters. The highest BCUT2D eigenvalue weighted by atomic mass is 16.5. The van der Waals surface area contributed by atoms with Crippen molar-refractivity contribution in [2.24, 2.45) is 12.0 Å². The minimum Gasteiger partial charge on any atom is -0.379 e.